The molecule has 0 heterocycles. The molecule has 5 heteroatoms. The van der Waals surface area contributed by atoms with Gasteiger partial charge in [0.05, 0.1) is 6.10 Å². The highest BCUT2D eigenvalue weighted by Crippen LogP contribution is 2.68. The monoisotopic (exact) mass is 392 g/mol. The van der Waals surface area contributed by atoms with E-state index in [-0.39, 0.29) is 41.2 Å². The van der Waals surface area contributed by atoms with Crippen molar-refractivity contribution in [1.82, 2.24) is 0 Å². The highest BCUT2D eigenvalue weighted by atomic mass is 16.5. The molecule has 0 unspecified atom stereocenters. The molecule has 0 aromatic carbocycles. The van der Waals surface area contributed by atoms with Crippen LogP contribution in [0.25, 0.3) is 0 Å². The number of Topliss-reactive ketones (excluding diaryl/α,β-unsaturated/α-hetero) is 1. The minimum Gasteiger partial charge on any atom is -0.462 e. The molecule has 4 saturated carbocycles. The normalized spacial score (nSPS) is 52.9. The molecule has 4 fully saturated rings. The summed E-state index contributed by atoms with van der Waals surface area (Å²) in [6.45, 7) is 7.35. The van der Waals surface area contributed by atoms with Crippen molar-refractivity contribution in [1.29, 1.82) is 0 Å². The van der Waals surface area contributed by atoms with Crippen LogP contribution < -0.4 is 0 Å². The number of aliphatic hydroxyl groups excluding tert-OH is 1. The van der Waals surface area contributed by atoms with Crippen molar-refractivity contribution in [3.05, 3.63) is 0 Å². The minimum absolute atomic E-state index is 0.0422. The van der Waals surface area contributed by atoms with Crippen LogP contribution in [0.2, 0.25) is 0 Å². The molecule has 4 aliphatic rings. The van der Waals surface area contributed by atoms with Crippen LogP contribution in [0.5, 0.6) is 0 Å². The van der Waals surface area contributed by atoms with Gasteiger partial charge in [0.2, 0.25) is 0 Å². The quantitative estimate of drug-likeness (QED) is 0.705. The third-order valence-electron chi connectivity index (χ3n) is 9.60. The van der Waals surface area contributed by atoms with Gasteiger partial charge in [0.1, 0.15) is 11.7 Å². The second-order valence-electron chi connectivity index (χ2n) is 10.7. The van der Waals surface area contributed by atoms with Gasteiger partial charge in [0.25, 0.3) is 0 Å². The molecular weight excluding hydrogens is 356 g/mol. The van der Waals surface area contributed by atoms with Gasteiger partial charge in [-0.25, -0.2) is 0 Å². The second kappa shape index (κ2) is 6.53. The molecule has 9 atom stereocenters. The third-order valence-corrected chi connectivity index (χ3v) is 9.60. The summed E-state index contributed by atoms with van der Waals surface area (Å²) in [7, 11) is 0. The first-order valence-electron chi connectivity index (χ1n) is 11.1. The maximum Gasteiger partial charge on any atom is 0.302 e. The van der Waals surface area contributed by atoms with Crippen molar-refractivity contribution < 1.29 is 24.5 Å². The summed E-state index contributed by atoms with van der Waals surface area (Å²) in [5, 5.41) is 21.6. The Hall–Kier alpha value is -0.940. The SMILES string of the molecule is CC(=O)O[C@H]1C[C@@]2(C)[C@@H](CC[C@@]2(O)C(C)=O)[C@@H]2CC[C@H]3C[C@@H](O)CC[C@]3(C)[C@H]21. The molecule has 28 heavy (non-hydrogen) atoms. The van der Waals surface area contributed by atoms with Crippen molar-refractivity contribution >= 4 is 11.8 Å². The number of carbonyl (C=O) groups is 2. The van der Waals surface area contributed by atoms with E-state index in [1.54, 1.807) is 0 Å². The van der Waals surface area contributed by atoms with Gasteiger partial charge in [-0.05, 0) is 81.5 Å². The van der Waals surface area contributed by atoms with Gasteiger partial charge in [-0.1, -0.05) is 13.8 Å². The van der Waals surface area contributed by atoms with E-state index in [2.05, 4.69) is 13.8 Å². The molecule has 0 aromatic rings. The topological polar surface area (TPSA) is 83.8 Å². The Balaban J connectivity index is 1.76. The zero-order valence-electron chi connectivity index (χ0n) is 17.7. The summed E-state index contributed by atoms with van der Waals surface area (Å²) in [5.41, 5.74) is -1.82. The van der Waals surface area contributed by atoms with Crippen LogP contribution in [0.1, 0.15) is 79.1 Å². The number of carbonyl (C=O) groups excluding carboxylic acids is 2. The van der Waals surface area contributed by atoms with Gasteiger partial charge in [0.15, 0.2) is 5.78 Å². The Morgan fingerprint density at radius 3 is 2.39 bits per heavy atom. The van der Waals surface area contributed by atoms with Gasteiger partial charge >= 0.3 is 5.97 Å². The molecule has 0 aliphatic heterocycles. The minimum atomic E-state index is -1.32. The van der Waals surface area contributed by atoms with Crippen LogP contribution in [0.15, 0.2) is 0 Å². The molecule has 4 rings (SSSR count). The summed E-state index contributed by atoms with van der Waals surface area (Å²) in [5.74, 6) is 0.897. The van der Waals surface area contributed by atoms with Crippen molar-refractivity contribution in [2.45, 2.75) is 96.9 Å². The Bertz CT molecular complexity index is 676. The number of rotatable bonds is 2. The number of ketones is 1. The Morgan fingerprint density at radius 2 is 1.75 bits per heavy atom. The van der Waals surface area contributed by atoms with Gasteiger partial charge in [-0.15, -0.1) is 0 Å². The lowest BCUT2D eigenvalue weighted by Gasteiger charge is -2.63. The molecule has 0 saturated heterocycles. The zero-order chi connectivity index (χ0) is 20.5. The second-order valence-corrected chi connectivity index (χ2v) is 10.7. The van der Waals surface area contributed by atoms with Crippen LogP contribution in [0.3, 0.4) is 0 Å². The molecular formula is C23H36O5. The molecule has 0 spiro atoms. The van der Waals surface area contributed by atoms with E-state index < -0.39 is 11.0 Å². The largest absolute Gasteiger partial charge is 0.462 e. The summed E-state index contributed by atoms with van der Waals surface area (Å²) in [4.78, 5) is 24.5. The predicted octanol–water partition coefficient (Wildman–Crippen LogP) is 3.25. The van der Waals surface area contributed by atoms with Crippen molar-refractivity contribution in [3.63, 3.8) is 0 Å². The van der Waals surface area contributed by atoms with Crippen LogP contribution in [-0.2, 0) is 14.3 Å². The molecule has 0 aromatic heterocycles. The number of aliphatic hydroxyl groups is 2. The van der Waals surface area contributed by atoms with Crippen LogP contribution in [0, 0.1) is 34.5 Å². The van der Waals surface area contributed by atoms with E-state index in [0.29, 0.717) is 24.7 Å². The maximum atomic E-state index is 12.5. The predicted molar refractivity (Wildman–Crippen MR) is 104 cm³/mol. The summed E-state index contributed by atoms with van der Waals surface area (Å²) in [6.07, 6.45) is 6.16. The average molecular weight is 393 g/mol. The molecule has 2 N–H and O–H groups in total. The Morgan fingerprint density at radius 1 is 1.04 bits per heavy atom. The molecule has 5 nitrogen and oxygen atoms in total. The van der Waals surface area contributed by atoms with E-state index in [0.717, 1.165) is 38.5 Å². The molecule has 4 aliphatic carbocycles. The molecule has 0 bridgehead atoms. The highest BCUT2D eigenvalue weighted by molar-refractivity contribution is 5.86. The summed E-state index contributed by atoms with van der Waals surface area (Å²) >= 11 is 0. The van der Waals surface area contributed by atoms with Crippen LogP contribution in [-0.4, -0.2) is 39.8 Å². The molecule has 0 radical (unpaired) electrons. The van der Waals surface area contributed by atoms with E-state index in [9.17, 15) is 19.8 Å². The van der Waals surface area contributed by atoms with Crippen LogP contribution in [0.4, 0.5) is 0 Å². The summed E-state index contributed by atoms with van der Waals surface area (Å²) < 4.78 is 5.92. The van der Waals surface area contributed by atoms with Crippen molar-refractivity contribution in [2.75, 3.05) is 0 Å². The molecule has 0 amide bonds. The smallest absolute Gasteiger partial charge is 0.302 e. The number of hydrogen-bond donors (Lipinski definition) is 2. The lowest BCUT2D eigenvalue weighted by atomic mass is 9.43. The van der Waals surface area contributed by atoms with Gasteiger partial charge in [-0.3, -0.25) is 9.59 Å². The fraction of sp³-hybridized carbons (Fsp3) is 0.913. The van der Waals surface area contributed by atoms with E-state index in [4.69, 9.17) is 4.74 Å². The first-order chi connectivity index (χ1) is 13.0. The highest BCUT2D eigenvalue weighted by Gasteiger charge is 2.69. The van der Waals surface area contributed by atoms with E-state index >= 15 is 0 Å². The fourth-order valence-corrected chi connectivity index (χ4v) is 8.23. The average Bonchev–Trinajstić information content (AvgIpc) is 2.87. The van der Waals surface area contributed by atoms with E-state index in [1.165, 1.54) is 13.8 Å². The number of esters is 1. The summed E-state index contributed by atoms with van der Waals surface area (Å²) in [6, 6.07) is 0. The lowest BCUT2D eigenvalue weighted by Crippen LogP contribution is -2.63. The molecule has 158 valence electrons. The first kappa shape index (κ1) is 20.3. The maximum absolute atomic E-state index is 12.5. The van der Waals surface area contributed by atoms with Gasteiger partial charge in [-0.2, -0.15) is 0 Å². The fourth-order valence-electron chi connectivity index (χ4n) is 8.23. The van der Waals surface area contributed by atoms with E-state index in [1.807, 2.05) is 0 Å². The van der Waals surface area contributed by atoms with Crippen molar-refractivity contribution in [2.24, 2.45) is 34.5 Å². The first-order valence-corrected chi connectivity index (χ1v) is 11.1. The van der Waals surface area contributed by atoms with Gasteiger partial charge in [0, 0.05) is 18.3 Å². The third kappa shape index (κ3) is 2.64. The van der Waals surface area contributed by atoms with Crippen LogP contribution >= 0.6 is 0 Å². The Kier molecular flexibility index (Phi) is 4.74. The van der Waals surface area contributed by atoms with Gasteiger partial charge < -0.3 is 14.9 Å². The number of fused-ring (bicyclic) bond motifs is 5. The lowest BCUT2D eigenvalue weighted by molar-refractivity contribution is -0.212. The Labute approximate surface area is 168 Å². The standard InChI is InChI=1S/C23H36O5/c1-13(24)23(27)10-8-18-17-6-5-15-11-16(26)7-9-21(15,3)20(17)19(28-14(2)25)12-22(18,23)4/h15-20,26-27H,5-12H2,1-4H3/t15-,16-,17-,18-,19-,20+,21-,22-,23+/m0/s1. The number of hydrogen-bond acceptors (Lipinski definition) is 5. The van der Waals surface area contributed by atoms with Crippen molar-refractivity contribution in [3.8, 4) is 0 Å². The zero-order valence-corrected chi connectivity index (χ0v) is 17.7. The number of ether oxygens (including phenoxy) is 1.